The molecular formula is C18H19FN2O3. The Labute approximate surface area is 139 Å². The Morgan fingerprint density at radius 1 is 1.12 bits per heavy atom. The molecule has 0 radical (unpaired) electrons. The van der Waals surface area contributed by atoms with Crippen molar-refractivity contribution in [3.63, 3.8) is 0 Å². The fourth-order valence-corrected chi connectivity index (χ4v) is 2.25. The predicted molar refractivity (Wildman–Crippen MR) is 88.9 cm³/mol. The molecule has 126 valence electrons. The Bertz CT molecular complexity index is 699. The second-order valence-corrected chi connectivity index (χ2v) is 5.52. The van der Waals surface area contributed by atoms with E-state index in [1.807, 2.05) is 30.3 Å². The number of amides is 2. The van der Waals surface area contributed by atoms with Gasteiger partial charge in [0.15, 0.2) is 0 Å². The maximum atomic E-state index is 13.3. The van der Waals surface area contributed by atoms with Crippen molar-refractivity contribution in [3.05, 3.63) is 65.5 Å². The molecule has 0 saturated heterocycles. The van der Waals surface area contributed by atoms with Crippen molar-refractivity contribution in [1.29, 1.82) is 0 Å². The lowest BCUT2D eigenvalue weighted by molar-refractivity contribution is -0.136. The van der Waals surface area contributed by atoms with Crippen LogP contribution in [0.15, 0.2) is 48.5 Å². The highest BCUT2D eigenvalue weighted by molar-refractivity contribution is 6.39. The molecule has 3 N–H and O–H groups in total. The number of rotatable bonds is 5. The molecule has 0 bridgehead atoms. The number of benzene rings is 2. The third-order valence-electron chi connectivity index (χ3n) is 3.32. The van der Waals surface area contributed by atoms with Crippen LogP contribution in [0.3, 0.4) is 0 Å². The molecule has 24 heavy (non-hydrogen) atoms. The van der Waals surface area contributed by atoms with E-state index in [0.29, 0.717) is 12.0 Å². The van der Waals surface area contributed by atoms with E-state index in [1.54, 1.807) is 13.0 Å². The number of hydrogen-bond acceptors (Lipinski definition) is 3. The summed E-state index contributed by atoms with van der Waals surface area (Å²) in [4.78, 5) is 23.5. The average molecular weight is 330 g/mol. The van der Waals surface area contributed by atoms with Crippen molar-refractivity contribution in [3.8, 4) is 0 Å². The summed E-state index contributed by atoms with van der Waals surface area (Å²) in [6, 6.07) is 13.3. The van der Waals surface area contributed by atoms with Gasteiger partial charge in [0.05, 0.1) is 6.10 Å². The molecule has 0 aliphatic heterocycles. The van der Waals surface area contributed by atoms with Crippen molar-refractivity contribution in [2.45, 2.75) is 19.4 Å². The summed E-state index contributed by atoms with van der Waals surface area (Å²) in [6.45, 7) is 1.63. The first-order chi connectivity index (χ1) is 11.4. The van der Waals surface area contributed by atoms with Gasteiger partial charge in [-0.05, 0) is 36.2 Å². The van der Waals surface area contributed by atoms with E-state index in [1.165, 1.54) is 6.07 Å². The van der Waals surface area contributed by atoms with Crippen LogP contribution in [0, 0.1) is 12.7 Å². The Kier molecular flexibility index (Phi) is 6.03. The molecule has 0 aliphatic rings. The number of nitrogens with one attached hydrogen (secondary N) is 2. The quantitative estimate of drug-likeness (QED) is 0.732. The van der Waals surface area contributed by atoms with Crippen LogP contribution in [0.2, 0.25) is 0 Å². The molecule has 0 heterocycles. The Morgan fingerprint density at radius 3 is 2.50 bits per heavy atom. The van der Waals surface area contributed by atoms with E-state index < -0.39 is 23.7 Å². The summed E-state index contributed by atoms with van der Waals surface area (Å²) in [7, 11) is 0. The maximum Gasteiger partial charge on any atom is 0.313 e. The van der Waals surface area contributed by atoms with E-state index in [4.69, 9.17) is 0 Å². The zero-order chi connectivity index (χ0) is 17.5. The van der Waals surface area contributed by atoms with Crippen molar-refractivity contribution >= 4 is 17.5 Å². The highest BCUT2D eigenvalue weighted by atomic mass is 19.1. The van der Waals surface area contributed by atoms with E-state index >= 15 is 0 Å². The lowest BCUT2D eigenvalue weighted by atomic mass is 10.1. The van der Waals surface area contributed by atoms with Crippen molar-refractivity contribution in [2.24, 2.45) is 0 Å². The zero-order valence-corrected chi connectivity index (χ0v) is 13.3. The summed E-state index contributed by atoms with van der Waals surface area (Å²) in [6.07, 6.45) is -0.438. The Balaban J connectivity index is 1.82. The van der Waals surface area contributed by atoms with Gasteiger partial charge in [-0.1, -0.05) is 30.3 Å². The van der Waals surface area contributed by atoms with Crippen LogP contribution in [0.1, 0.15) is 11.1 Å². The summed E-state index contributed by atoms with van der Waals surface area (Å²) in [5, 5.41) is 14.6. The Morgan fingerprint density at radius 2 is 1.83 bits per heavy atom. The molecule has 0 spiro atoms. The fraction of sp³-hybridized carbons (Fsp3) is 0.222. The van der Waals surface area contributed by atoms with Gasteiger partial charge in [-0.25, -0.2) is 4.39 Å². The molecule has 1 atom stereocenters. The predicted octanol–water partition coefficient (Wildman–Crippen LogP) is 1.79. The highest BCUT2D eigenvalue weighted by Gasteiger charge is 2.16. The van der Waals surface area contributed by atoms with E-state index in [2.05, 4.69) is 10.6 Å². The molecule has 0 saturated carbocycles. The van der Waals surface area contributed by atoms with Crippen LogP contribution in [0.5, 0.6) is 0 Å². The van der Waals surface area contributed by atoms with E-state index in [0.717, 1.165) is 11.6 Å². The molecule has 2 aromatic carbocycles. The van der Waals surface area contributed by atoms with Crippen molar-refractivity contribution < 1.29 is 19.1 Å². The van der Waals surface area contributed by atoms with E-state index in [9.17, 15) is 19.1 Å². The molecule has 0 aliphatic carbocycles. The molecule has 2 rings (SSSR count). The molecule has 2 aromatic rings. The molecule has 0 fully saturated rings. The SMILES string of the molecule is Cc1cc(F)cc(NC(=O)C(=O)NCC(O)Cc2ccccc2)c1. The minimum absolute atomic E-state index is 0.0523. The second kappa shape index (κ2) is 8.21. The van der Waals surface area contributed by atoms with Gasteiger partial charge in [-0.15, -0.1) is 0 Å². The van der Waals surface area contributed by atoms with E-state index in [-0.39, 0.29) is 12.2 Å². The number of carbonyl (C=O) groups excluding carboxylic acids is 2. The van der Waals surface area contributed by atoms with Gasteiger partial charge in [0.1, 0.15) is 5.82 Å². The number of carbonyl (C=O) groups is 2. The largest absolute Gasteiger partial charge is 0.391 e. The van der Waals surface area contributed by atoms with Crippen molar-refractivity contribution in [2.75, 3.05) is 11.9 Å². The fourth-order valence-electron chi connectivity index (χ4n) is 2.25. The minimum Gasteiger partial charge on any atom is -0.391 e. The number of anilines is 1. The first kappa shape index (κ1) is 17.6. The number of aliphatic hydroxyl groups excluding tert-OH is 1. The van der Waals surface area contributed by atoms with Crippen LogP contribution in [0.4, 0.5) is 10.1 Å². The van der Waals surface area contributed by atoms with Gasteiger partial charge < -0.3 is 15.7 Å². The second-order valence-electron chi connectivity index (χ2n) is 5.52. The third-order valence-corrected chi connectivity index (χ3v) is 3.32. The highest BCUT2D eigenvalue weighted by Crippen LogP contribution is 2.13. The zero-order valence-electron chi connectivity index (χ0n) is 13.3. The van der Waals surface area contributed by atoms with Crippen LogP contribution in [-0.4, -0.2) is 29.6 Å². The molecule has 0 aromatic heterocycles. The van der Waals surface area contributed by atoms with Gasteiger partial charge in [-0.3, -0.25) is 9.59 Å². The molecule has 1 unspecified atom stereocenters. The number of aliphatic hydroxyl groups is 1. The average Bonchev–Trinajstić information content (AvgIpc) is 2.52. The van der Waals surface area contributed by atoms with Crippen molar-refractivity contribution in [1.82, 2.24) is 5.32 Å². The topological polar surface area (TPSA) is 78.4 Å². The molecule has 2 amide bonds. The first-order valence-corrected chi connectivity index (χ1v) is 7.52. The lowest BCUT2D eigenvalue weighted by Gasteiger charge is -2.12. The lowest BCUT2D eigenvalue weighted by Crippen LogP contribution is -2.40. The minimum atomic E-state index is -0.910. The summed E-state index contributed by atoms with van der Waals surface area (Å²) < 4.78 is 13.3. The van der Waals surface area contributed by atoms with Crippen LogP contribution in [-0.2, 0) is 16.0 Å². The van der Waals surface area contributed by atoms with Gasteiger partial charge in [0.2, 0.25) is 0 Å². The van der Waals surface area contributed by atoms with Gasteiger partial charge in [0, 0.05) is 18.7 Å². The Hall–Kier alpha value is -2.73. The molecular weight excluding hydrogens is 311 g/mol. The number of hydrogen-bond donors (Lipinski definition) is 3. The summed E-state index contributed by atoms with van der Waals surface area (Å²) in [5.74, 6) is -2.29. The molecule has 6 heteroatoms. The number of aryl methyl sites for hydroxylation is 1. The van der Waals surface area contributed by atoms with Gasteiger partial charge in [-0.2, -0.15) is 0 Å². The standard InChI is InChI=1S/C18H19FN2O3/c1-12-7-14(19)10-15(8-12)21-18(24)17(23)20-11-16(22)9-13-5-3-2-4-6-13/h2-8,10,16,22H,9,11H2,1H3,(H,20,23)(H,21,24). The monoisotopic (exact) mass is 330 g/mol. The maximum absolute atomic E-state index is 13.3. The summed E-state index contributed by atoms with van der Waals surface area (Å²) >= 11 is 0. The molecule has 5 nitrogen and oxygen atoms in total. The normalized spacial score (nSPS) is 11.6. The van der Waals surface area contributed by atoms with Gasteiger partial charge in [0.25, 0.3) is 0 Å². The van der Waals surface area contributed by atoms with Gasteiger partial charge >= 0.3 is 11.8 Å². The first-order valence-electron chi connectivity index (χ1n) is 7.52. The smallest absolute Gasteiger partial charge is 0.313 e. The van der Waals surface area contributed by atoms with Crippen LogP contribution >= 0.6 is 0 Å². The summed E-state index contributed by atoms with van der Waals surface area (Å²) in [5.41, 5.74) is 1.76. The third kappa shape index (κ3) is 5.48. The van der Waals surface area contributed by atoms with Crippen LogP contribution in [0.25, 0.3) is 0 Å². The van der Waals surface area contributed by atoms with Crippen LogP contribution < -0.4 is 10.6 Å². The number of halogens is 1.